The summed E-state index contributed by atoms with van der Waals surface area (Å²) in [4.78, 5) is 5.80. The normalized spacial score (nSPS) is 12.8. The molecule has 0 aliphatic carbocycles. The number of likely N-dealkylation sites (N-methyl/N-ethyl adjacent to an activating group) is 1. The molecule has 0 amide bonds. The van der Waals surface area contributed by atoms with Crippen molar-refractivity contribution in [3.8, 4) is 0 Å². The van der Waals surface area contributed by atoms with Crippen LogP contribution >= 0.6 is 11.6 Å². The van der Waals surface area contributed by atoms with E-state index in [0.717, 1.165) is 5.70 Å². The first kappa shape index (κ1) is 12.0. The average Bonchev–Trinajstić information content (AvgIpc) is 2.05. The Morgan fingerprint density at radius 2 is 2.08 bits per heavy atom. The number of allylic oxidation sites excluding steroid dienone is 4. The van der Waals surface area contributed by atoms with Gasteiger partial charge in [-0.05, 0) is 19.1 Å². The number of hydrogen-bond acceptors (Lipinski definition) is 1. The van der Waals surface area contributed by atoms with Gasteiger partial charge in [0.15, 0.2) is 0 Å². The second-order valence-electron chi connectivity index (χ2n) is 2.48. The minimum Gasteiger partial charge on any atom is -0.336 e. The van der Waals surface area contributed by atoms with Gasteiger partial charge in [0.05, 0.1) is 6.34 Å². The Balaban J connectivity index is 4.45. The molecular weight excluding hydrogens is 184 g/mol. The van der Waals surface area contributed by atoms with Gasteiger partial charge in [0.1, 0.15) is 0 Å². The molecule has 0 aliphatic heterocycles. The van der Waals surface area contributed by atoms with Crippen molar-refractivity contribution in [3.05, 3.63) is 35.5 Å². The standard InChI is InChI=1S/C10H15ClN2/c1-5-10(7-6-9(2)11)13(4)8-12-3/h5-8H,2H2,1,3-4H3/b7-6-,10-5+,12-8?. The van der Waals surface area contributed by atoms with Gasteiger partial charge < -0.3 is 4.90 Å². The Morgan fingerprint density at radius 3 is 2.46 bits per heavy atom. The van der Waals surface area contributed by atoms with Crippen molar-refractivity contribution in [3.63, 3.8) is 0 Å². The second-order valence-corrected chi connectivity index (χ2v) is 2.96. The van der Waals surface area contributed by atoms with Crippen LogP contribution in [0.5, 0.6) is 0 Å². The summed E-state index contributed by atoms with van der Waals surface area (Å²) in [5, 5.41) is 0.515. The van der Waals surface area contributed by atoms with E-state index in [1.807, 2.05) is 31.0 Å². The van der Waals surface area contributed by atoms with E-state index in [4.69, 9.17) is 11.6 Å². The predicted molar refractivity (Wildman–Crippen MR) is 60.1 cm³/mol. The van der Waals surface area contributed by atoms with Crippen LogP contribution in [0.1, 0.15) is 6.92 Å². The van der Waals surface area contributed by atoms with E-state index in [0.29, 0.717) is 5.03 Å². The number of hydrogen-bond donors (Lipinski definition) is 0. The van der Waals surface area contributed by atoms with Gasteiger partial charge in [-0.25, -0.2) is 0 Å². The molecule has 0 bridgehead atoms. The molecule has 0 aromatic rings. The Hall–Kier alpha value is -1.02. The number of aliphatic imine (C=N–C) groups is 1. The summed E-state index contributed by atoms with van der Waals surface area (Å²) in [5.41, 5.74) is 1.02. The molecule has 0 aromatic heterocycles. The molecule has 0 fully saturated rings. The van der Waals surface area contributed by atoms with Gasteiger partial charge >= 0.3 is 0 Å². The van der Waals surface area contributed by atoms with Crippen LogP contribution < -0.4 is 0 Å². The zero-order chi connectivity index (χ0) is 10.3. The molecule has 72 valence electrons. The first-order valence-corrected chi connectivity index (χ1v) is 4.33. The Bertz CT molecular complexity index is 252. The molecule has 0 saturated heterocycles. The first-order chi connectivity index (χ1) is 6.11. The predicted octanol–water partition coefficient (Wildman–Crippen LogP) is 2.79. The molecule has 0 unspecified atom stereocenters. The summed E-state index contributed by atoms with van der Waals surface area (Å²) in [6.07, 6.45) is 7.34. The maximum absolute atomic E-state index is 5.60. The molecule has 0 atom stereocenters. The van der Waals surface area contributed by atoms with Crippen LogP contribution in [0.4, 0.5) is 0 Å². The quantitative estimate of drug-likeness (QED) is 0.385. The highest BCUT2D eigenvalue weighted by Crippen LogP contribution is 2.05. The molecule has 0 radical (unpaired) electrons. The smallest absolute Gasteiger partial charge is 0.0888 e. The number of halogens is 1. The summed E-state index contributed by atoms with van der Waals surface area (Å²) < 4.78 is 0. The molecule has 0 rings (SSSR count). The maximum atomic E-state index is 5.60. The fourth-order valence-electron chi connectivity index (χ4n) is 0.833. The minimum atomic E-state index is 0.515. The molecule has 0 N–H and O–H groups in total. The lowest BCUT2D eigenvalue weighted by Gasteiger charge is -2.13. The second kappa shape index (κ2) is 6.49. The zero-order valence-electron chi connectivity index (χ0n) is 8.29. The van der Waals surface area contributed by atoms with Gasteiger partial charge in [-0.1, -0.05) is 24.3 Å². The SMILES string of the molecule is C=C(Cl)/C=C\C(=C/C)N(C)C=NC. The maximum Gasteiger partial charge on any atom is 0.0888 e. The third-order valence-corrected chi connectivity index (χ3v) is 1.55. The molecular formula is C10H15ClN2. The molecule has 2 nitrogen and oxygen atoms in total. The van der Waals surface area contributed by atoms with Crippen LogP contribution in [0.15, 0.2) is 40.5 Å². The lowest BCUT2D eigenvalue weighted by molar-refractivity contribution is 0.665. The van der Waals surface area contributed by atoms with Gasteiger partial charge in [-0.2, -0.15) is 0 Å². The summed E-state index contributed by atoms with van der Waals surface area (Å²) in [6, 6.07) is 0. The van der Waals surface area contributed by atoms with Gasteiger partial charge in [-0.15, -0.1) is 0 Å². The van der Waals surface area contributed by atoms with E-state index < -0.39 is 0 Å². The average molecular weight is 199 g/mol. The van der Waals surface area contributed by atoms with Crippen molar-refractivity contribution in [1.82, 2.24) is 4.90 Å². The van der Waals surface area contributed by atoms with Crippen LogP contribution in [-0.2, 0) is 0 Å². The van der Waals surface area contributed by atoms with Crippen LogP contribution in [0.3, 0.4) is 0 Å². The summed E-state index contributed by atoms with van der Waals surface area (Å²) in [7, 11) is 3.65. The number of nitrogens with zero attached hydrogens (tertiary/aromatic N) is 2. The monoisotopic (exact) mass is 198 g/mol. The van der Waals surface area contributed by atoms with Crippen LogP contribution in [0.2, 0.25) is 0 Å². The van der Waals surface area contributed by atoms with Gasteiger partial charge in [0.25, 0.3) is 0 Å². The molecule has 0 aliphatic rings. The highest BCUT2D eigenvalue weighted by Gasteiger charge is 1.94. The highest BCUT2D eigenvalue weighted by molar-refractivity contribution is 6.30. The lowest BCUT2D eigenvalue weighted by Crippen LogP contribution is -2.13. The molecule has 0 aromatic carbocycles. The van der Waals surface area contributed by atoms with Crippen LogP contribution in [0, 0.1) is 0 Å². The zero-order valence-corrected chi connectivity index (χ0v) is 9.04. The Morgan fingerprint density at radius 1 is 1.46 bits per heavy atom. The van der Waals surface area contributed by atoms with E-state index in [-0.39, 0.29) is 0 Å². The van der Waals surface area contributed by atoms with Crippen LogP contribution in [-0.4, -0.2) is 25.3 Å². The molecule has 3 heteroatoms. The molecule has 13 heavy (non-hydrogen) atoms. The Labute approximate surface area is 84.9 Å². The number of rotatable bonds is 4. The minimum absolute atomic E-state index is 0.515. The fourth-order valence-corrected chi connectivity index (χ4v) is 0.896. The van der Waals surface area contributed by atoms with Crippen molar-refractivity contribution >= 4 is 17.9 Å². The third-order valence-electron chi connectivity index (χ3n) is 1.43. The van der Waals surface area contributed by atoms with E-state index >= 15 is 0 Å². The highest BCUT2D eigenvalue weighted by atomic mass is 35.5. The van der Waals surface area contributed by atoms with E-state index in [1.54, 1.807) is 19.5 Å². The first-order valence-electron chi connectivity index (χ1n) is 3.95. The van der Waals surface area contributed by atoms with Crippen LogP contribution in [0.25, 0.3) is 0 Å². The molecule has 0 heterocycles. The Kier molecular flexibility index (Phi) is 5.98. The summed E-state index contributed by atoms with van der Waals surface area (Å²) >= 11 is 5.60. The molecule has 0 spiro atoms. The van der Waals surface area contributed by atoms with E-state index in [1.165, 1.54) is 0 Å². The van der Waals surface area contributed by atoms with Crippen molar-refractivity contribution in [2.75, 3.05) is 14.1 Å². The third kappa shape index (κ3) is 5.26. The van der Waals surface area contributed by atoms with Gasteiger partial charge in [0, 0.05) is 24.8 Å². The fraction of sp³-hybridized carbons (Fsp3) is 0.300. The van der Waals surface area contributed by atoms with Gasteiger partial charge in [0.2, 0.25) is 0 Å². The summed E-state index contributed by atoms with van der Waals surface area (Å²) in [5.74, 6) is 0. The molecule has 0 saturated carbocycles. The van der Waals surface area contributed by atoms with Crippen molar-refractivity contribution in [2.45, 2.75) is 6.92 Å². The van der Waals surface area contributed by atoms with Gasteiger partial charge in [-0.3, -0.25) is 4.99 Å². The van der Waals surface area contributed by atoms with Crippen molar-refractivity contribution in [1.29, 1.82) is 0 Å². The topological polar surface area (TPSA) is 15.6 Å². The lowest BCUT2D eigenvalue weighted by atomic mass is 10.3. The van der Waals surface area contributed by atoms with E-state index in [2.05, 4.69) is 11.6 Å². The largest absolute Gasteiger partial charge is 0.336 e. The van der Waals surface area contributed by atoms with E-state index in [9.17, 15) is 0 Å². The van der Waals surface area contributed by atoms with Crippen molar-refractivity contribution in [2.24, 2.45) is 4.99 Å². The summed E-state index contributed by atoms with van der Waals surface area (Å²) in [6.45, 7) is 5.52. The van der Waals surface area contributed by atoms with Crippen molar-refractivity contribution < 1.29 is 0 Å².